The van der Waals surface area contributed by atoms with Gasteiger partial charge in [-0.25, -0.2) is 4.79 Å². The van der Waals surface area contributed by atoms with Gasteiger partial charge in [0.2, 0.25) is 0 Å². The SMILES string of the molecule is CC/C=C\C/C=C\C/C=C\C/C=C\CCCCCCCCCCCCCCCCC(=O)OC(COC(=O)CCCCCCCCCCCCCCCCCCCCCCCCCCCCC/C=C\CCCCCCCCCC)COC(OCC[N+](C)(C)C)C(=O)O. The molecule has 0 rings (SSSR count). The lowest BCUT2D eigenvalue weighted by atomic mass is 10.0. The first kappa shape index (κ1) is 88.0. The highest BCUT2D eigenvalue weighted by Gasteiger charge is 2.25. The van der Waals surface area contributed by atoms with Gasteiger partial charge in [-0.1, -0.05) is 357 Å². The molecule has 0 bridgehead atoms. The minimum Gasteiger partial charge on any atom is -0.477 e. The number of aliphatic carboxylic acids is 1. The fraction of sp³-hybridized carbons (Fsp3) is 0.841. The average molecular weight is 1280 g/mol. The number of allylic oxidation sites excluding steroid dienone is 10. The number of carbonyl (C=O) groups is 3. The number of carbonyl (C=O) groups excluding carboxylic acids is 2. The third-order valence-electron chi connectivity index (χ3n) is 17.8. The summed E-state index contributed by atoms with van der Waals surface area (Å²) in [5, 5.41) is 9.77. The normalized spacial score (nSPS) is 12.9. The number of unbranched alkanes of at least 4 members (excludes halogenated alkanes) is 49. The lowest BCUT2D eigenvalue weighted by Gasteiger charge is -2.25. The zero-order chi connectivity index (χ0) is 66.1. The van der Waals surface area contributed by atoms with Gasteiger partial charge in [0.1, 0.15) is 13.2 Å². The first-order chi connectivity index (χ1) is 44.6. The van der Waals surface area contributed by atoms with Crippen molar-refractivity contribution in [3.8, 4) is 0 Å². The van der Waals surface area contributed by atoms with E-state index in [4.69, 9.17) is 18.9 Å². The van der Waals surface area contributed by atoms with E-state index >= 15 is 0 Å². The van der Waals surface area contributed by atoms with Crippen molar-refractivity contribution in [2.24, 2.45) is 0 Å². The Balaban J connectivity index is 3.95. The number of ether oxygens (including phenoxy) is 4. The van der Waals surface area contributed by atoms with Gasteiger partial charge in [-0.3, -0.25) is 9.59 Å². The van der Waals surface area contributed by atoms with Gasteiger partial charge in [-0.15, -0.1) is 0 Å². The number of esters is 2. The quantitative estimate of drug-likeness (QED) is 0.0211. The lowest BCUT2D eigenvalue weighted by Crippen LogP contribution is -2.40. The molecule has 0 aliphatic heterocycles. The fourth-order valence-electron chi connectivity index (χ4n) is 11.8. The number of likely N-dealkylation sites (N-methyl/N-ethyl adjacent to an activating group) is 1. The van der Waals surface area contributed by atoms with E-state index in [0.717, 1.165) is 64.2 Å². The van der Waals surface area contributed by atoms with Crippen LogP contribution in [0.25, 0.3) is 0 Å². The Morgan fingerprint density at radius 1 is 0.341 bits per heavy atom. The molecule has 0 amide bonds. The molecule has 0 aliphatic carbocycles. The van der Waals surface area contributed by atoms with Gasteiger partial charge in [0, 0.05) is 12.8 Å². The number of carboxylic acids is 1. The van der Waals surface area contributed by atoms with Crippen molar-refractivity contribution in [2.75, 3.05) is 47.5 Å². The minimum absolute atomic E-state index is 0.179. The van der Waals surface area contributed by atoms with Crippen LogP contribution in [0.5, 0.6) is 0 Å². The highest BCUT2D eigenvalue weighted by atomic mass is 16.7. The predicted octanol–water partition coefficient (Wildman–Crippen LogP) is 25.0. The van der Waals surface area contributed by atoms with E-state index < -0.39 is 18.4 Å². The molecule has 9 nitrogen and oxygen atoms in total. The van der Waals surface area contributed by atoms with Gasteiger partial charge < -0.3 is 28.5 Å². The Hall–Kier alpha value is -3.01. The largest absolute Gasteiger partial charge is 0.477 e. The second-order valence-corrected chi connectivity index (χ2v) is 28.0. The van der Waals surface area contributed by atoms with Gasteiger partial charge in [0.05, 0.1) is 34.4 Å². The summed E-state index contributed by atoms with van der Waals surface area (Å²) in [5.74, 6) is -1.98. The smallest absolute Gasteiger partial charge is 0.361 e. The zero-order valence-corrected chi connectivity index (χ0v) is 61.0. The summed E-state index contributed by atoms with van der Waals surface area (Å²) in [4.78, 5) is 37.7. The molecule has 91 heavy (non-hydrogen) atoms. The molecule has 0 spiro atoms. The number of rotatable bonds is 74. The molecular weight excluding hydrogens is 1130 g/mol. The minimum atomic E-state index is -1.51. The number of carboxylic acid groups (broad SMARTS) is 1. The average Bonchev–Trinajstić information content (AvgIpc) is 3.46. The standard InChI is InChI=1S/C82H151NO8/c1-6-8-10-12-14-16-18-20-22-24-26-28-30-32-34-35-36-37-38-39-40-41-42-43-44-45-47-48-50-52-54-56-58-60-62-64-66-68-70-72-79(84)89-76-78(77-90-82(81(86)87)88-75-74-83(3,4)5)91-80(85)73-71-69-67-65-63-61-59-57-55-53-51-49-46-33-31-29-27-25-23-21-19-17-15-13-11-9-7-2/h9,11,15,17,21,23-24,26-27,29,78,82H,6-8,10,12-14,16,18-20,22,25,28,30-77H2,1-5H3/p+1/b11-9-,17-15-,23-21-,26-24-,29-27-. The predicted molar refractivity (Wildman–Crippen MR) is 392 cm³/mol. The molecule has 0 aromatic rings. The Kier molecular flexibility index (Phi) is 70.4. The molecule has 0 aliphatic rings. The molecule has 0 saturated carbocycles. The van der Waals surface area contributed by atoms with Crippen molar-refractivity contribution in [3.05, 3.63) is 60.8 Å². The molecule has 9 heteroatoms. The first-order valence-electron chi connectivity index (χ1n) is 39.5. The van der Waals surface area contributed by atoms with Gasteiger partial charge in [0.15, 0.2) is 6.10 Å². The summed E-state index contributed by atoms with van der Waals surface area (Å²) < 4.78 is 23.0. The van der Waals surface area contributed by atoms with Crippen LogP contribution in [0.3, 0.4) is 0 Å². The van der Waals surface area contributed by atoms with E-state index in [2.05, 4.69) is 74.6 Å². The van der Waals surface area contributed by atoms with Gasteiger partial charge >= 0.3 is 17.9 Å². The van der Waals surface area contributed by atoms with Crippen molar-refractivity contribution >= 4 is 17.9 Å². The topological polar surface area (TPSA) is 108 Å². The second-order valence-electron chi connectivity index (χ2n) is 28.0. The maximum absolute atomic E-state index is 13.0. The van der Waals surface area contributed by atoms with Crippen LogP contribution in [0.2, 0.25) is 0 Å². The summed E-state index contributed by atoms with van der Waals surface area (Å²) in [6.45, 7) is 4.83. The summed E-state index contributed by atoms with van der Waals surface area (Å²) in [6.07, 6.45) is 93.8. The highest BCUT2D eigenvalue weighted by Crippen LogP contribution is 2.19. The fourth-order valence-corrected chi connectivity index (χ4v) is 11.8. The first-order valence-corrected chi connectivity index (χ1v) is 39.5. The monoisotopic (exact) mass is 1280 g/mol. The molecule has 0 aromatic heterocycles. The van der Waals surface area contributed by atoms with Gasteiger partial charge in [-0.05, 0) is 77.0 Å². The van der Waals surface area contributed by atoms with E-state index in [1.165, 1.54) is 295 Å². The van der Waals surface area contributed by atoms with Crippen molar-refractivity contribution in [1.82, 2.24) is 0 Å². The maximum atomic E-state index is 13.0. The summed E-state index contributed by atoms with van der Waals surface area (Å²) in [6, 6.07) is 0. The molecule has 1 N–H and O–H groups in total. The number of hydrogen-bond donors (Lipinski definition) is 1. The van der Waals surface area contributed by atoms with Crippen LogP contribution >= 0.6 is 0 Å². The Bertz CT molecular complexity index is 1680. The van der Waals surface area contributed by atoms with Crippen LogP contribution < -0.4 is 0 Å². The molecule has 0 radical (unpaired) electrons. The van der Waals surface area contributed by atoms with E-state index in [1.807, 2.05) is 21.1 Å². The van der Waals surface area contributed by atoms with Crippen LogP contribution in [0.15, 0.2) is 60.8 Å². The molecular formula is C82H152NO8+. The molecule has 0 fully saturated rings. The zero-order valence-electron chi connectivity index (χ0n) is 61.0. The van der Waals surface area contributed by atoms with Crippen molar-refractivity contribution in [1.29, 1.82) is 0 Å². The van der Waals surface area contributed by atoms with Crippen LogP contribution in [-0.2, 0) is 33.3 Å². The van der Waals surface area contributed by atoms with Crippen LogP contribution in [0.1, 0.15) is 386 Å². The lowest BCUT2D eigenvalue weighted by molar-refractivity contribution is -0.870. The number of nitrogens with zero attached hydrogens (tertiary/aromatic N) is 1. The molecule has 2 atom stereocenters. The second kappa shape index (κ2) is 72.8. The van der Waals surface area contributed by atoms with E-state index in [1.54, 1.807) is 0 Å². The molecule has 532 valence electrons. The Labute approximate surface area is 565 Å². The Morgan fingerprint density at radius 2 is 0.626 bits per heavy atom. The van der Waals surface area contributed by atoms with E-state index in [9.17, 15) is 19.5 Å². The van der Waals surface area contributed by atoms with Crippen molar-refractivity contribution in [2.45, 2.75) is 399 Å². The van der Waals surface area contributed by atoms with Gasteiger partial charge in [0.25, 0.3) is 6.29 Å². The van der Waals surface area contributed by atoms with Crippen LogP contribution in [0.4, 0.5) is 0 Å². The van der Waals surface area contributed by atoms with Crippen LogP contribution in [-0.4, -0.2) is 87.4 Å². The number of quaternary nitrogens is 1. The maximum Gasteiger partial charge on any atom is 0.361 e. The Morgan fingerprint density at radius 3 is 0.945 bits per heavy atom. The highest BCUT2D eigenvalue weighted by molar-refractivity contribution is 5.71. The molecule has 2 unspecified atom stereocenters. The van der Waals surface area contributed by atoms with Crippen molar-refractivity contribution < 1.29 is 42.9 Å². The van der Waals surface area contributed by atoms with E-state index in [0.29, 0.717) is 17.4 Å². The summed E-state index contributed by atoms with van der Waals surface area (Å²) in [7, 11) is 5.99. The molecule has 0 heterocycles. The molecule has 0 aromatic carbocycles. The van der Waals surface area contributed by atoms with Crippen molar-refractivity contribution in [3.63, 3.8) is 0 Å². The third kappa shape index (κ3) is 74.3. The van der Waals surface area contributed by atoms with E-state index in [-0.39, 0.29) is 38.2 Å². The van der Waals surface area contributed by atoms with Crippen LogP contribution in [0, 0.1) is 0 Å². The summed E-state index contributed by atoms with van der Waals surface area (Å²) >= 11 is 0. The summed E-state index contributed by atoms with van der Waals surface area (Å²) in [5.41, 5.74) is 0. The van der Waals surface area contributed by atoms with Gasteiger partial charge in [-0.2, -0.15) is 0 Å². The molecule has 0 saturated heterocycles. The third-order valence-corrected chi connectivity index (χ3v) is 17.8. The number of hydrogen-bond acceptors (Lipinski definition) is 7.